The summed E-state index contributed by atoms with van der Waals surface area (Å²) in [6, 6.07) is 16.5. The van der Waals surface area contributed by atoms with Crippen molar-refractivity contribution >= 4 is 20.9 Å². The molecule has 4 aromatic rings. The molecule has 0 spiro atoms. The molecule has 146 valence electrons. The van der Waals surface area contributed by atoms with Gasteiger partial charge in [-0.1, -0.05) is 24.3 Å². The monoisotopic (exact) mass is 409 g/mol. The number of benzene rings is 2. The molecule has 5 rings (SSSR count). The van der Waals surface area contributed by atoms with E-state index in [2.05, 4.69) is 15.2 Å². The lowest BCUT2D eigenvalue weighted by molar-refractivity contribution is 0.336. The Morgan fingerprint density at radius 1 is 0.897 bits per heavy atom. The summed E-state index contributed by atoms with van der Waals surface area (Å²) in [5.41, 5.74) is 1.55. The highest BCUT2D eigenvalue weighted by atomic mass is 32.2. The van der Waals surface area contributed by atoms with Crippen molar-refractivity contribution in [3.8, 4) is 11.5 Å². The van der Waals surface area contributed by atoms with Gasteiger partial charge in [0.15, 0.2) is 5.82 Å². The number of nitrogens with zero attached hydrogens (tertiary/aromatic N) is 5. The van der Waals surface area contributed by atoms with Crippen molar-refractivity contribution in [2.75, 3.05) is 6.54 Å². The van der Waals surface area contributed by atoms with Crippen LogP contribution in [0.2, 0.25) is 0 Å². The number of hydrogen-bond acceptors (Lipinski definition) is 5. The van der Waals surface area contributed by atoms with E-state index in [-0.39, 0.29) is 18.0 Å². The summed E-state index contributed by atoms with van der Waals surface area (Å²) in [7, 11) is -3.74. The van der Waals surface area contributed by atoms with Crippen LogP contribution in [0.1, 0.15) is 5.82 Å². The Morgan fingerprint density at radius 2 is 1.69 bits per heavy atom. The van der Waals surface area contributed by atoms with Gasteiger partial charge in [0.05, 0.1) is 17.0 Å². The topological polar surface area (TPSA) is 81.0 Å². The van der Waals surface area contributed by atoms with Crippen LogP contribution in [0.15, 0.2) is 65.6 Å². The molecule has 0 N–H and O–H groups in total. The van der Waals surface area contributed by atoms with E-state index in [1.54, 1.807) is 0 Å². The van der Waals surface area contributed by atoms with E-state index in [0.717, 1.165) is 23.0 Å². The highest BCUT2D eigenvalue weighted by Gasteiger charge is 2.31. The molecule has 0 saturated carbocycles. The smallest absolute Gasteiger partial charge is 0.243 e. The van der Waals surface area contributed by atoms with Crippen LogP contribution in [0.5, 0.6) is 0 Å². The molecule has 0 amide bonds. The lowest BCUT2D eigenvalue weighted by Crippen LogP contribution is -2.38. The number of pyridine rings is 1. The molecule has 0 saturated heterocycles. The summed E-state index contributed by atoms with van der Waals surface area (Å²) >= 11 is 0. The first-order chi connectivity index (χ1) is 14.0. The Hall–Kier alpha value is -3.17. The van der Waals surface area contributed by atoms with E-state index in [0.29, 0.717) is 23.9 Å². The minimum atomic E-state index is -3.74. The van der Waals surface area contributed by atoms with Crippen molar-refractivity contribution in [1.29, 1.82) is 0 Å². The molecule has 9 heteroatoms. The normalized spacial score (nSPS) is 14.8. The van der Waals surface area contributed by atoms with E-state index in [1.165, 1.54) is 16.4 Å². The van der Waals surface area contributed by atoms with Gasteiger partial charge >= 0.3 is 0 Å². The van der Waals surface area contributed by atoms with Crippen molar-refractivity contribution in [3.63, 3.8) is 0 Å². The fourth-order valence-corrected chi connectivity index (χ4v) is 4.86. The predicted octanol–water partition coefficient (Wildman–Crippen LogP) is 2.84. The molecule has 0 unspecified atom stereocenters. The third-order valence-electron chi connectivity index (χ3n) is 5.00. The standard InChI is InChI=1S/C20H16FN5O2S/c21-15-6-8-16(9-7-15)29(27,28)25-11-12-26-19(13-25)23-24-20(26)18-10-5-14-3-1-2-4-17(14)22-18/h1-10H,11-13H2. The second-order valence-corrected chi connectivity index (χ2v) is 8.71. The molecule has 29 heavy (non-hydrogen) atoms. The quantitative estimate of drug-likeness (QED) is 0.520. The fourth-order valence-electron chi connectivity index (χ4n) is 3.48. The lowest BCUT2D eigenvalue weighted by atomic mass is 10.2. The van der Waals surface area contributed by atoms with E-state index in [1.807, 2.05) is 41.0 Å². The largest absolute Gasteiger partial charge is 0.307 e. The minimum absolute atomic E-state index is 0.0586. The molecule has 0 fully saturated rings. The molecule has 7 nitrogen and oxygen atoms in total. The van der Waals surface area contributed by atoms with Crippen molar-refractivity contribution < 1.29 is 12.8 Å². The van der Waals surface area contributed by atoms with Crippen LogP contribution in [-0.2, 0) is 23.1 Å². The van der Waals surface area contributed by atoms with Gasteiger partial charge in [-0.05, 0) is 36.4 Å². The minimum Gasteiger partial charge on any atom is -0.307 e. The molecule has 2 aromatic heterocycles. The van der Waals surface area contributed by atoms with Crippen molar-refractivity contribution in [2.45, 2.75) is 18.0 Å². The van der Waals surface area contributed by atoms with Crippen molar-refractivity contribution in [3.05, 3.63) is 72.3 Å². The molecule has 1 aliphatic rings. The average Bonchev–Trinajstić information content (AvgIpc) is 3.17. The highest BCUT2D eigenvalue weighted by Crippen LogP contribution is 2.26. The molecule has 0 atom stereocenters. The maximum Gasteiger partial charge on any atom is 0.243 e. The summed E-state index contributed by atoms with van der Waals surface area (Å²) in [6.07, 6.45) is 0. The number of rotatable bonds is 3. The number of halogens is 1. The molecule has 0 aliphatic carbocycles. The SMILES string of the molecule is O=S(=O)(c1ccc(F)cc1)N1CCn2c(nnc2-c2ccc3ccccc3n2)C1. The summed E-state index contributed by atoms with van der Waals surface area (Å²) in [5.74, 6) is 0.686. The maximum absolute atomic E-state index is 13.1. The number of para-hydroxylation sites is 1. The molecule has 0 bridgehead atoms. The van der Waals surface area contributed by atoms with Gasteiger partial charge in [0.2, 0.25) is 10.0 Å². The summed E-state index contributed by atoms with van der Waals surface area (Å²) in [6.45, 7) is 0.776. The molecular formula is C20H16FN5O2S. The van der Waals surface area contributed by atoms with Gasteiger partial charge in [0.25, 0.3) is 0 Å². The zero-order valence-electron chi connectivity index (χ0n) is 15.2. The first-order valence-electron chi connectivity index (χ1n) is 9.06. The fraction of sp³-hybridized carbons (Fsp3) is 0.150. The zero-order valence-corrected chi connectivity index (χ0v) is 16.1. The Labute approximate surface area is 166 Å². The van der Waals surface area contributed by atoms with Gasteiger partial charge in [-0.15, -0.1) is 10.2 Å². The van der Waals surface area contributed by atoms with E-state index >= 15 is 0 Å². The van der Waals surface area contributed by atoms with Crippen LogP contribution in [0.3, 0.4) is 0 Å². The number of hydrogen-bond donors (Lipinski definition) is 0. The van der Waals surface area contributed by atoms with Gasteiger partial charge < -0.3 is 4.57 Å². The Bertz CT molecular complexity index is 1320. The van der Waals surface area contributed by atoms with E-state index < -0.39 is 15.8 Å². The van der Waals surface area contributed by atoms with Crippen LogP contribution in [0.25, 0.3) is 22.4 Å². The maximum atomic E-state index is 13.1. The van der Waals surface area contributed by atoms with Gasteiger partial charge in [-0.3, -0.25) is 0 Å². The van der Waals surface area contributed by atoms with Crippen LogP contribution < -0.4 is 0 Å². The highest BCUT2D eigenvalue weighted by molar-refractivity contribution is 7.89. The van der Waals surface area contributed by atoms with Crippen LogP contribution in [-0.4, -0.2) is 39.0 Å². The van der Waals surface area contributed by atoms with Crippen LogP contribution in [0.4, 0.5) is 4.39 Å². The second kappa shape index (κ2) is 6.71. The van der Waals surface area contributed by atoms with Gasteiger partial charge in [0.1, 0.15) is 17.3 Å². The van der Waals surface area contributed by atoms with Gasteiger partial charge in [-0.25, -0.2) is 17.8 Å². The Kier molecular flexibility index (Phi) is 4.14. The summed E-state index contributed by atoms with van der Waals surface area (Å²) < 4.78 is 42.1. The summed E-state index contributed by atoms with van der Waals surface area (Å²) in [5, 5.41) is 9.48. The lowest BCUT2D eigenvalue weighted by Gasteiger charge is -2.27. The predicted molar refractivity (Wildman–Crippen MR) is 105 cm³/mol. The van der Waals surface area contributed by atoms with Crippen LogP contribution >= 0.6 is 0 Å². The number of aromatic nitrogens is 4. The molecule has 2 aromatic carbocycles. The van der Waals surface area contributed by atoms with Gasteiger partial charge in [0, 0.05) is 18.5 Å². The number of fused-ring (bicyclic) bond motifs is 2. The third-order valence-corrected chi connectivity index (χ3v) is 6.86. The molecule has 1 aliphatic heterocycles. The van der Waals surface area contributed by atoms with Crippen molar-refractivity contribution in [2.24, 2.45) is 0 Å². The third kappa shape index (κ3) is 3.08. The average molecular weight is 409 g/mol. The van der Waals surface area contributed by atoms with E-state index in [9.17, 15) is 12.8 Å². The van der Waals surface area contributed by atoms with Crippen LogP contribution in [0, 0.1) is 5.82 Å². The molecule has 0 radical (unpaired) electrons. The zero-order chi connectivity index (χ0) is 20.0. The van der Waals surface area contributed by atoms with E-state index in [4.69, 9.17) is 0 Å². The molecular weight excluding hydrogens is 393 g/mol. The van der Waals surface area contributed by atoms with Gasteiger partial charge in [-0.2, -0.15) is 4.31 Å². The number of sulfonamides is 1. The second-order valence-electron chi connectivity index (χ2n) is 6.77. The molecule has 3 heterocycles. The first-order valence-corrected chi connectivity index (χ1v) is 10.5. The summed E-state index contributed by atoms with van der Waals surface area (Å²) in [4.78, 5) is 4.72. The Morgan fingerprint density at radius 3 is 2.52 bits per heavy atom. The first kappa shape index (κ1) is 17.9. The Balaban J connectivity index is 1.47. The van der Waals surface area contributed by atoms with Crippen molar-refractivity contribution in [1.82, 2.24) is 24.1 Å².